The van der Waals surface area contributed by atoms with E-state index in [2.05, 4.69) is 0 Å². The zero-order valence-electron chi connectivity index (χ0n) is 17.3. The predicted octanol–water partition coefficient (Wildman–Crippen LogP) is 3.85. The van der Waals surface area contributed by atoms with Crippen molar-refractivity contribution in [1.82, 2.24) is 4.90 Å². The van der Waals surface area contributed by atoms with Crippen molar-refractivity contribution in [2.75, 3.05) is 6.61 Å². The van der Waals surface area contributed by atoms with E-state index in [0.29, 0.717) is 30.1 Å². The number of furan rings is 1. The molecule has 1 amide bonds. The molecule has 4 bridgehead atoms. The van der Waals surface area contributed by atoms with Gasteiger partial charge in [-0.1, -0.05) is 0 Å². The van der Waals surface area contributed by atoms with Crippen LogP contribution in [-0.4, -0.2) is 39.1 Å². The third kappa shape index (κ3) is 3.77. The molecule has 7 nitrogen and oxygen atoms in total. The highest BCUT2D eigenvalue weighted by Crippen LogP contribution is 2.58. The molecular formula is C24H27NO6. The van der Waals surface area contributed by atoms with Crippen molar-refractivity contribution in [1.29, 1.82) is 0 Å². The second kappa shape index (κ2) is 7.62. The highest BCUT2D eigenvalue weighted by molar-refractivity contribution is 5.94. The van der Waals surface area contributed by atoms with Crippen LogP contribution in [0.4, 0.5) is 0 Å². The molecule has 31 heavy (non-hydrogen) atoms. The van der Waals surface area contributed by atoms with Crippen LogP contribution in [0.2, 0.25) is 0 Å². The number of amides is 1. The van der Waals surface area contributed by atoms with E-state index < -0.39 is 12.6 Å². The minimum absolute atomic E-state index is 0.0852. The van der Waals surface area contributed by atoms with Gasteiger partial charge in [0.25, 0.3) is 5.91 Å². The molecule has 0 atom stereocenters. The van der Waals surface area contributed by atoms with Crippen LogP contribution < -0.4 is 0 Å². The van der Waals surface area contributed by atoms with Gasteiger partial charge < -0.3 is 24.3 Å². The van der Waals surface area contributed by atoms with E-state index in [4.69, 9.17) is 9.15 Å². The van der Waals surface area contributed by atoms with Crippen LogP contribution in [0.15, 0.2) is 41.0 Å². The molecule has 4 saturated carbocycles. The molecule has 0 saturated heterocycles. The summed E-state index contributed by atoms with van der Waals surface area (Å²) in [5.74, 6) is 1.12. The minimum atomic E-state index is -0.797. The zero-order valence-corrected chi connectivity index (χ0v) is 17.3. The first kappa shape index (κ1) is 20.0. The standard InChI is InChI=1S/C24H27NO6/c26-18-3-4-20(21(27)9-18)23(29)31-14-22(28)25(13-19-2-1-5-30-19)24-10-15-6-16(11-24)8-17(7-15)12-24/h1-5,9,15-17,26-27H,6-8,10-14H2. The Bertz CT molecular complexity index is 947. The fourth-order valence-corrected chi connectivity index (χ4v) is 6.45. The number of nitrogens with zero attached hydrogens (tertiary/aromatic N) is 1. The Labute approximate surface area is 180 Å². The molecule has 0 radical (unpaired) electrons. The molecule has 0 unspecified atom stereocenters. The Hall–Kier alpha value is -2.96. The number of phenols is 2. The lowest BCUT2D eigenvalue weighted by Crippen LogP contribution is -2.61. The van der Waals surface area contributed by atoms with E-state index in [1.54, 1.807) is 6.26 Å². The number of benzene rings is 1. The molecule has 4 aliphatic carbocycles. The van der Waals surface area contributed by atoms with Crippen LogP contribution >= 0.6 is 0 Å². The number of rotatable bonds is 6. The summed E-state index contributed by atoms with van der Waals surface area (Å²) in [6, 6.07) is 7.30. The molecule has 2 N–H and O–H groups in total. The molecule has 1 aromatic heterocycles. The number of aromatic hydroxyl groups is 2. The monoisotopic (exact) mass is 425 g/mol. The quantitative estimate of drug-likeness (QED) is 0.682. The molecule has 7 heteroatoms. The normalized spacial score (nSPS) is 28.5. The van der Waals surface area contributed by atoms with Gasteiger partial charge in [0.1, 0.15) is 22.8 Å². The SMILES string of the molecule is O=C(OCC(=O)N(Cc1ccco1)C12CC3CC(CC(C3)C1)C2)c1ccc(O)cc1O. The van der Waals surface area contributed by atoms with Crippen LogP contribution in [0.1, 0.15) is 54.6 Å². The lowest BCUT2D eigenvalue weighted by Gasteiger charge is -2.60. The van der Waals surface area contributed by atoms with Crippen LogP contribution in [0.25, 0.3) is 0 Å². The van der Waals surface area contributed by atoms with Gasteiger partial charge in [0.05, 0.1) is 12.8 Å². The zero-order chi connectivity index (χ0) is 21.6. The fourth-order valence-electron chi connectivity index (χ4n) is 6.45. The summed E-state index contributed by atoms with van der Waals surface area (Å²) in [7, 11) is 0. The number of carbonyl (C=O) groups is 2. The van der Waals surface area contributed by atoms with Crippen molar-refractivity contribution in [2.24, 2.45) is 17.8 Å². The second-order valence-corrected chi connectivity index (χ2v) is 9.48. The third-order valence-electron chi connectivity index (χ3n) is 7.30. The Balaban J connectivity index is 1.34. The number of phenolic OH excluding ortho intramolecular Hbond substituents is 2. The van der Waals surface area contributed by atoms with Gasteiger partial charge in [-0.2, -0.15) is 0 Å². The molecule has 1 heterocycles. The van der Waals surface area contributed by atoms with Gasteiger partial charge in [-0.15, -0.1) is 0 Å². The van der Waals surface area contributed by atoms with E-state index in [0.717, 1.165) is 25.3 Å². The van der Waals surface area contributed by atoms with Gasteiger partial charge in [-0.3, -0.25) is 4.79 Å². The van der Waals surface area contributed by atoms with Gasteiger partial charge in [-0.25, -0.2) is 4.79 Å². The summed E-state index contributed by atoms with van der Waals surface area (Å²) >= 11 is 0. The van der Waals surface area contributed by atoms with Crippen LogP contribution in [0.3, 0.4) is 0 Å². The smallest absolute Gasteiger partial charge is 0.342 e. The summed E-state index contributed by atoms with van der Waals surface area (Å²) in [6.07, 6.45) is 8.38. The van der Waals surface area contributed by atoms with Gasteiger partial charge in [0, 0.05) is 11.6 Å². The molecular weight excluding hydrogens is 398 g/mol. The third-order valence-corrected chi connectivity index (χ3v) is 7.30. The lowest BCUT2D eigenvalue weighted by atomic mass is 9.52. The van der Waals surface area contributed by atoms with Crippen molar-refractivity contribution in [2.45, 2.75) is 50.6 Å². The Morgan fingerprint density at radius 3 is 2.32 bits per heavy atom. The number of ether oxygens (including phenoxy) is 1. The van der Waals surface area contributed by atoms with Crippen molar-refractivity contribution < 1.29 is 29.0 Å². The van der Waals surface area contributed by atoms with Crippen molar-refractivity contribution in [3.63, 3.8) is 0 Å². The Morgan fingerprint density at radius 1 is 1.06 bits per heavy atom. The first-order valence-electron chi connectivity index (χ1n) is 10.9. The maximum atomic E-state index is 13.4. The summed E-state index contributed by atoms with van der Waals surface area (Å²) in [6.45, 7) is -0.0401. The number of hydrogen-bond acceptors (Lipinski definition) is 6. The average Bonchev–Trinajstić information content (AvgIpc) is 3.22. The molecule has 2 aromatic rings. The molecule has 0 aliphatic heterocycles. The van der Waals surface area contributed by atoms with E-state index >= 15 is 0 Å². The molecule has 6 rings (SSSR count). The topological polar surface area (TPSA) is 100 Å². The van der Waals surface area contributed by atoms with E-state index in [1.165, 1.54) is 31.4 Å². The minimum Gasteiger partial charge on any atom is -0.508 e. The molecule has 4 fully saturated rings. The summed E-state index contributed by atoms with van der Waals surface area (Å²) in [5, 5.41) is 19.3. The van der Waals surface area contributed by atoms with E-state index in [9.17, 15) is 19.8 Å². The lowest BCUT2D eigenvalue weighted by molar-refractivity contribution is -0.156. The van der Waals surface area contributed by atoms with Gasteiger partial charge in [0.15, 0.2) is 6.61 Å². The largest absolute Gasteiger partial charge is 0.508 e. The Kier molecular flexibility index (Phi) is 4.91. The van der Waals surface area contributed by atoms with Crippen molar-refractivity contribution in [3.8, 4) is 11.5 Å². The first-order chi connectivity index (χ1) is 14.9. The number of hydrogen-bond donors (Lipinski definition) is 2. The molecule has 0 spiro atoms. The van der Waals surface area contributed by atoms with Crippen molar-refractivity contribution in [3.05, 3.63) is 47.9 Å². The molecule has 1 aromatic carbocycles. The van der Waals surface area contributed by atoms with Gasteiger partial charge >= 0.3 is 5.97 Å². The highest BCUT2D eigenvalue weighted by atomic mass is 16.5. The van der Waals surface area contributed by atoms with Crippen LogP contribution in [-0.2, 0) is 16.1 Å². The van der Waals surface area contributed by atoms with E-state index in [1.807, 2.05) is 17.0 Å². The predicted molar refractivity (Wildman–Crippen MR) is 110 cm³/mol. The first-order valence-corrected chi connectivity index (χ1v) is 10.9. The van der Waals surface area contributed by atoms with E-state index in [-0.39, 0.29) is 28.5 Å². The fraction of sp³-hybridized carbons (Fsp3) is 0.500. The summed E-state index contributed by atoms with van der Waals surface area (Å²) < 4.78 is 10.8. The van der Waals surface area contributed by atoms with Crippen LogP contribution in [0.5, 0.6) is 11.5 Å². The molecule has 4 aliphatic rings. The average molecular weight is 425 g/mol. The molecule has 164 valence electrons. The summed E-state index contributed by atoms with van der Waals surface area (Å²) in [5.41, 5.74) is -0.288. The maximum absolute atomic E-state index is 13.4. The van der Waals surface area contributed by atoms with Crippen LogP contribution in [0, 0.1) is 17.8 Å². The highest BCUT2D eigenvalue weighted by Gasteiger charge is 2.54. The van der Waals surface area contributed by atoms with Crippen molar-refractivity contribution >= 4 is 11.9 Å². The Morgan fingerprint density at radius 2 is 1.74 bits per heavy atom. The number of esters is 1. The summed E-state index contributed by atoms with van der Waals surface area (Å²) in [4.78, 5) is 27.7. The van der Waals surface area contributed by atoms with Gasteiger partial charge in [-0.05, 0) is 80.5 Å². The maximum Gasteiger partial charge on any atom is 0.342 e. The van der Waals surface area contributed by atoms with Gasteiger partial charge in [0.2, 0.25) is 0 Å². The second-order valence-electron chi connectivity index (χ2n) is 9.48. The number of carbonyl (C=O) groups excluding carboxylic acids is 2.